The number of hydrogen-bond acceptors (Lipinski definition) is 2. The highest BCUT2D eigenvalue weighted by atomic mass is 16.1. The first-order valence-electron chi connectivity index (χ1n) is 7.97. The van der Waals surface area contributed by atoms with Crippen molar-refractivity contribution >= 4 is 22.3 Å². The van der Waals surface area contributed by atoms with Crippen molar-refractivity contribution in [3.63, 3.8) is 0 Å². The Balaban J connectivity index is 1.85. The van der Waals surface area contributed by atoms with Crippen molar-refractivity contribution in [3.8, 4) is 0 Å². The van der Waals surface area contributed by atoms with Crippen molar-refractivity contribution in [3.05, 3.63) is 59.7 Å². The number of benzene rings is 2. The molecule has 2 fully saturated rings. The van der Waals surface area contributed by atoms with Crippen LogP contribution in [0.3, 0.4) is 0 Å². The summed E-state index contributed by atoms with van der Waals surface area (Å²) in [5.41, 5.74) is 1.42. The second-order valence-electron chi connectivity index (χ2n) is 6.92. The van der Waals surface area contributed by atoms with Crippen LogP contribution >= 0.6 is 0 Å². The molecule has 0 amide bonds. The normalized spacial score (nSPS) is 27.8. The molecule has 108 valence electrons. The fraction of sp³-hybridized carbons (Fsp3) is 0.300. The average Bonchev–Trinajstić information content (AvgIpc) is 3.30. The van der Waals surface area contributed by atoms with E-state index in [1.54, 1.807) is 6.08 Å². The van der Waals surface area contributed by atoms with Gasteiger partial charge in [0.1, 0.15) is 5.78 Å². The van der Waals surface area contributed by atoms with Gasteiger partial charge in [0.15, 0.2) is 5.78 Å². The first-order chi connectivity index (χ1) is 10.7. The van der Waals surface area contributed by atoms with E-state index in [0.717, 1.165) is 41.2 Å². The van der Waals surface area contributed by atoms with Gasteiger partial charge in [-0.05, 0) is 53.8 Å². The van der Waals surface area contributed by atoms with E-state index in [0.29, 0.717) is 12.2 Å². The second kappa shape index (κ2) is 3.75. The summed E-state index contributed by atoms with van der Waals surface area (Å²) in [6, 6.07) is 12.3. The predicted octanol–water partition coefficient (Wildman–Crippen LogP) is 3.97. The standard InChI is InChI=1S/C20H16O2/c21-17-5-7-19(8-6-18(22)20(19)9-10-20)16-12-14-4-2-1-3-13(14)11-15(16)17/h1-5,7,11-12H,6,8-10H2. The molecule has 0 heterocycles. The molecule has 0 saturated heterocycles. The highest BCUT2D eigenvalue weighted by molar-refractivity contribution is 6.11. The van der Waals surface area contributed by atoms with Gasteiger partial charge in [0.2, 0.25) is 0 Å². The van der Waals surface area contributed by atoms with Crippen LogP contribution in [0.1, 0.15) is 41.6 Å². The Morgan fingerprint density at radius 3 is 2.36 bits per heavy atom. The SMILES string of the molecule is O=C1C=CC2(CCC(=O)C23CC3)c2cc3ccccc3cc21. The van der Waals surface area contributed by atoms with Crippen molar-refractivity contribution in [1.29, 1.82) is 0 Å². The van der Waals surface area contributed by atoms with Gasteiger partial charge in [-0.1, -0.05) is 30.3 Å². The fourth-order valence-corrected chi connectivity index (χ4v) is 4.73. The molecule has 1 atom stereocenters. The van der Waals surface area contributed by atoms with Gasteiger partial charge in [0, 0.05) is 22.8 Å². The van der Waals surface area contributed by atoms with Crippen LogP contribution in [0.25, 0.3) is 10.8 Å². The molecule has 0 aliphatic heterocycles. The summed E-state index contributed by atoms with van der Waals surface area (Å²) in [5, 5.41) is 2.24. The number of carbonyl (C=O) groups is 2. The molecule has 2 aromatic carbocycles. The Kier molecular flexibility index (Phi) is 2.10. The lowest BCUT2D eigenvalue weighted by molar-refractivity contribution is -0.122. The summed E-state index contributed by atoms with van der Waals surface area (Å²) in [6.45, 7) is 0. The first-order valence-corrected chi connectivity index (χ1v) is 7.97. The Labute approximate surface area is 128 Å². The summed E-state index contributed by atoms with van der Waals surface area (Å²) >= 11 is 0. The van der Waals surface area contributed by atoms with Gasteiger partial charge in [0.05, 0.1) is 0 Å². The highest BCUT2D eigenvalue weighted by Gasteiger charge is 2.67. The summed E-state index contributed by atoms with van der Waals surface area (Å²) in [4.78, 5) is 24.9. The van der Waals surface area contributed by atoms with E-state index in [9.17, 15) is 9.59 Å². The highest BCUT2D eigenvalue weighted by Crippen LogP contribution is 2.68. The molecule has 3 aliphatic rings. The number of ketones is 2. The van der Waals surface area contributed by atoms with Crippen molar-refractivity contribution in [2.75, 3.05) is 0 Å². The van der Waals surface area contributed by atoms with E-state index in [4.69, 9.17) is 0 Å². The number of allylic oxidation sites excluding steroid dienone is 2. The lowest BCUT2D eigenvalue weighted by Crippen LogP contribution is -2.36. The Morgan fingerprint density at radius 1 is 0.909 bits per heavy atom. The van der Waals surface area contributed by atoms with Crippen LogP contribution in [0.2, 0.25) is 0 Å². The van der Waals surface area contributed by atoms with Crippen LogP contribution in [-0.2, 0) is 10.2 Å². The maximum Gasteiger partial charge on any atom is 0.185 e. The van der Waals surface area contributed by atoms with E-state index in [1.807, 2.05) is 30.3 Å². The topological polar surface area (TPSA) is 34.1 Å². The molecule has 3 aliphatic carbocycles. The van der Waals surface area contributed by atoms with Crippen molar-refractivity contribution < 1.29 is 9.59 Å². The minimum absolute atomic E-state index is 0.0709. The van der Waals surface area contributed by atoms with Crippen LogP contribution in [0, 0.1) is 5.41 Å². The van der Waals surface area contributed by atoms with Crippen LogP contribution in [0.4, 0.5) is 0 Å². The molecule has 1 unspecified atom stereocenters. The third kappa shape index (κ3) is 1.27. The monoisotopic (exact) mass is 288 g/mol. The Morgan fingerprint density at radius 2 is 1.64 bits per heavy atom. The van der Waals surface area contributed by atoms with Gasteiger partial charge in [-0.15, -0.1) is 0 Å². The van der Waals surface area contributed by atoms with Crippen LogP contribution in [-0.4, -0.2) is 11.6 Å². The average molecular weight is 288 g/mol. The molecule has 2 spiro atoms. The van der Waals surface area contributed by atoms with Gasteiger partial charge in [0.25, 0.3) is 0 Å². The Bertz CT molecular complexity index is 886. The number of hydrogen-bond donors (Lipinski definition) is 0. The summed E-state index contributed by atoms with van der Waals surface area (Å²) < 4.78 is 0. The minimum Gasteiger partial charge on any atom is -0.299 e. The van der Waals surface area contributed by atoms with Gasteiger partial charge in [-0.25, -0.2) is 0 Å². The van der Waals surface area contributed by atoms with Crippen molar-refractivity contribution in [1.82, 2.24) is 0 Å². The molecule has 2 saturated carbocycles. The first kappa shape index (κ1) is 12.3. The van der Waals surface area contributed by atoms with Crippen LogP contribution in [0.5, 0.6) is 0 Å². The van der Waals surface area contributed by atoms with Gasteiger partial charge >= 0.3 is 0 Å². The number of fused-ring (bicyclic) bond motifs is 4. The smallest absolute Gasteiger partial charge is 0.185 e. The van der Waals surface area contributed by atoms with Crippen LogP contribution < -0.4 is 0 Å². The molecule has 0 N–H and O–H groups in total. The zero-order valence-electron chi connectivity index (χ0n) is 12.3. The Hall–Kier alpha value is -2.22. The lowest BCUT2D eigenvalue weighted by Gasteiger charge is -2.36. The minimum atomic E-state index is -0.239. The van der Waals surface area contributed by atoms with Crippen molar-refractivity contribution in [2.45, 2.75) is 31.1 Å². The zero-order valence-corrected chi connectivity index (χ0v) is 12.3. The van der Waals surface area contributed by atoms with E-state index < -0.39 is 0 Å². The molecule has 2 aromatic rings. The largest absolute Gasteiger partial charge is 0.299 e. The summed E-state index contributed by atoms with van der Waals surface area (Å²) in [7, 11) is 0. The van der Waals surface area contributed by atoms with Gasteiger partial charge in [-0.2, -0.15) is 0 Å². The molecular weight excluding hydrogens is 272 g/mol. The molecule has 22 heavy (non-hydrogen) atoms. The third-order valence-electron chi connectivity index (χ3n) is 6.04. The molecule has 0 radical (unpaired) electrons. The molecule has 2 heteroatoms. The number of rotatable bonds is 0. The molecular formula is C20H16O2. The molecule has 5 rings (SSSR count). The van der Waals surface area contributed by atoms with E-state index in [1.165, 1.54) is 0 Å². The summed E-state index contributed by atoms with van der Waals surface area (Å²) in [5.74, 6) is 0.465. The van der Waals surface area contributed by atoms with Crippen molar-refractivity contribution in [2.24, 2.45) is 5.41 Å². The third-order valence-corrected chi connectivity index (χ3v) is 6.04. The van der Waals surface area contributed by atoms with Gasteiger partial charge < -0.3 is 0 Å². The molecule has 0 bridgehead atoms. The van der Waals surface area contributed by atoms with E-state index in [2.05, 4.69) is 12.1 Å². The van der Waals surface area contributed by atoms with E-state index >= 15 is 0 Å². The molecule has 2 nitrogen and oxygen atoms in total. The van der Waals surface area contributed by atoms with Gasteiger partial charge in [-0.3, -0.25) is 9.59 Å². The van der Waals surface area contributed by atoms with Crippen LogP contribution in [0.15, 0.2) is 48.6 Å². The lowest BCUT2D eigenvalue weighted by atomic mass is 9.65. The van der Waals surface area contributed by atoms with E-state index in [-0.39, 0.29) is 16.6 Å². The maximum absolute atomic E-state index is 12.5. The number of Topliss-reactive ketones (excluding diaryl/α,β-unsaturated/α-hetero) is 1. The predicted molar refractivity (Wildman–Crippen MR) is 85.0 cm³/mol. The quantitative estimate of drug-likeness (QED) is 0.735. The fourth-order valence-electron chi connectivity index (χ4n) is 4.73. The zero-order chi connectivity index (χ0) is 14.9. The summed E-state index contributed by atoms with van der Waals surface area (Å²) in [6.07, 6.45) is 7.18. The maximum atomic E-state index is 12.5. The molecule has 0 aromatic heterocycles. The second-order valence-corrected chi connectivity index (χ2v) is 6.92. The number of carbonyl (C=O) groups excluding carboxylic acids is 2.